The lowest BCUT2D eigenvalue weighted by Gasteiger charge is -2.10. The largest absolute Gasteiger partial charge is 0.573 e. The Morgan fingerprint density at radius 3 is 2.54 bits per heavy atom. The van der Waals surface area contributed by atoms with E-state index in [2.05, 4.69) is 20.4 Å². The predicted octanol–water partition coefficient (Wildman–Crippen LogP) is 2.52. The van der Waals surface area contributed by atoms with Gasteiger partial charge in [-0.3, -0.25) is 4.79 Å². The van der Waals surface area contributed by atoms with Crippen molar-refractivity contribution in [1.29, 1.82) is 0 Å². The molecular weight excluding hydrogens is 355 g/mol. The number of carboxylic acid groups (broad SMARTS) is 1. The number of nitrogens with one attached hydrogen (secondary N) is 2. The molecule has 2 aromatic rings. The maximum atomic E-state index is 12.0. The molecule has 138 valence electrons. The fraction of sp³-hybridized carbons (Fsp3) is 0.188. The van der Waals surface area contributed by atoms with Gasteiger partial charge in [0, 0.05) is 18.8 Å². The zero-order valence-electron chi connectivity index (χ0n) is 13.2. The minimum Gasteiger partial charge on any atom is -0.478 e. The molecule has 1 amide bonds. The second-order valence-corrected chi connectivity index (χ2v) is 5.00. The molecule has 26 heavy (non-hydrogen) atoms. The normalized spacial score (nSPS) is 10.9. The number of halogens is 3. The molecule has 3 N–H and O–H groups in total. The van der Waals surface area contributed by atoms with E-state index in [0.29, 0.717) is 12.2 Å². The molecule has 1 aromatic carbocycles. The summed E-state index contributed by atoms with van der Waals surface area (Å²) >= 11 is 0. The lowest BCUT2D eigenvalue weighted by Crippen LogP contribution is -2.29. The van der Waals surface area contributed by atoms with Crippen LogP contribution in [0.1, 0.15) is 20.8 Å². The monoisotopic (exact) mass is 369 g/mol. The van der Waals surface area contributed by atoms with Gasteiger partial charge in [0.15, 0.2) is 0 Å². The maximum absolute atomic E-state index is 12.0. The molecule has 1 aromatic heterocycles. The number of alkyl halides is 3. The number of hydrogen-bond donors (Lipinski definition) is 3. The van der Waals surface area contributed by atoms with Gasteiger partial charge < -0.3 is 20.5 Å². The summed E-state index contributed by atoms with van der Waals surface area (Å²) in [6.07, 6.45) is -4.02. The molecule has 0 fully saturated rings. The Hall–Kier alpha value is -3.30. The minimum atomic E-state index is -4.82. The number of aromatic nitrogens is 1. The number of aromatic carboxylic acids is 1. The molecule has 2 rings (SSSR count). The number of nitrogens with zero attached hydrogens (tertiary/aromatic N) is 1. The van der Waals surface area contributed by atoms with Gasteiger partial charge in [-0.05, 0) is 30.3 Å². The van der Waals surface area contributed by atoms with Crippen LogP contribution in [0.25, 0.3) is 0 Å². The van der Waals surface area contributed by atoms with Crippen LogP contribution in [0.5, 0.6) is 5.75 Å². The summed E-state index contributed by atoms with van der Waals surface area (Å²) in [5.41, 5.74) is 0.641. The average molecular weight is 369 g/mol. The quantitative estimate of drug-likeness (QED) is 0.649. The number of hydrogen-bond acceptors (Lipinski definition) is 5. The van der Waals surface area contributed by atoms with Crippen LogP contribution in [0.15, 0.2) is 42.6 Å². The van der Waals surface area contributed by atoms with Gasteiger partial charge in [0.25, 0.3) is 5.91 Å². The highest BCUT2D eigenvalue weighted by Crippen LogP contribution is 2.21. The standard InChI is InChI=1S/C16H14F3N3O4/c17-16(18,19)26-12-4-5-13(22-9-12)14(23)21-7-6-20-11-3-1-2-10(8-11)15(24)25/h1-5,8-9,20H,6-7H2,(H,21,23)(H,24,25). The molecule has 0 aliphatic carbocycles. The van der Waals surface area contributed by atoms with Crippen LogP contribution < -0.4 is 15.4 Å². The van der Waals surface area contributed by atoms with E-state index >= 15 is 0 Å². The highest BCUT2D eigenvalue weighted by molar-refractivity contribution is 5.92. The lowest BCUT2D eigenvalue weighted by atomic mass is 10.2. The number of carboxylic acids is 1. The van der Waals surface area contributed by atoms with Crippen molar-refractivity contribution in [3.8, 4) is 5.75 Å². The van der Waals surface area contributed by atoms with Crippen molar-refractivity contribution in [1.82, 2.24) is 10.3 Å². The van der Waals surface area contributed by atoms with Crippen LogP contribution in [0.2, 0.25) is 0 Å². The fourth-order valence-electron chi connectivity index (χ4n) is 1.94. The van der Waals surface area contributed by atoms with Crippen LogP contribution in [-0.2, 0) is 0 Å². The smallest absolute Gasteiger partial charge is 0.478 e. The summed E-state index contributed by atoms with van der Waals surface area (Å²) in [6.45, 7) is 0.503. The van der Waals surface area contributed by atoms with Crippen molar-refractivity contribution < 1.29 is 32.6 Å². The second kappa shape index (κ2) is 8.19. The Bertz CT molecular complexity index is 779. The summed E-state index contributed by atoms with van der Waals surface area (Å²) in [5, 5.41) is 14.4. The van der Waals surface area contributed by atoms with E-state index < -0.39 is 24.0 Å². The van der Waals surface area contributed by atoms with E-state index in [-0.39, 0.29) is 17.8 Å². The van der Waals surface area contributed by atoms with E-state index in [1.165, 1.54) is 12.1 Å². The van der Waals surface area contributed by atoms with Crippen LogP contribution in [-0.4, -0.2) is 41.4 Å². The Balaban J connectivity index is 1.80. The van der Waals surface area contributed by atoms with Gasteiger partial charge in [0.1, 0.15) is 11.4 Å². The number of pyridine rings is 1. The molecule has 0 spiro atoms. The first-order chi connectivity index (χ1) is 12.2. The average Bonchev–Trinajstić information content (AvgIpc) is 2.58. The molecule has 0 atom stereocenters. The van der Waals surface area contributed by atoms with Gasteiger partial charge in [-0.1, -0.05) is 6.07 Å². The maximum Gasteiger partial charge on any atom is 0.573 e. The Morgan fingerprint density at radius 1 is 1.15 bits per heavy atom. The van der Waals surface area contributed by atoms with Crippen LogP contribution in [0, 0.1) is 0 Å². The number of anilines is 1. The molecular formula is C16H14F3N3O4. The number of benzene rings is 1. The number of ether oxygens (including phenoxy) is 1. The molecule has 1 heterocycles. The number of rotatable bonds is 7. The van der Waals surface area contributed by atoms with E-state index in [0.717, 1.165) is 18.3 Å². The Labute approximate surface area is 145 Å². The van der Waals surface area contributed by atoms with E-state index in [9.17, 15) is 22.8 Å². The topological polar surface area (TPSA) is 101 Å². The molecule has 0 radical (unpaired) electrons. The summed E-state index contributed by atoms with van der Waals surface area (Å²) in [7, 11) is 0. The van der Waals surface area contributed by atoms with Gasteiger partial charge in [0.05, 0.1) is 11.8 Å². The summed E-state index contributed by atoms with van der Waals surface area (Å²) in [4.78, 5) is 26.3. The van der Waals surface area contributed by atoms with Crippen LogP contribution in [0.4, 0.5) is 18.9 Å². The van der Waals surface area contributed by atoms with E-state index in [4.69, 9.17) is 5.11 Å². The van der Waals surface area contributed by atoms with Gasteiger partial charge >= 0.3 is 12.3 Å². The molecule has 0 saturated heterocycles. The van der Waals surface area contributed by atoms with Crippen LogP contribution in [0.3, 0.4) is 0 Å². The second-order valence-electron chi connectivity index (χ2n) is 5.00. The van der Waals surface area contributed by atoms with Crippen molar-refractivity contribution in [3.05, 3.63) is 53.9 Å². The molecule has 0 unspecified atom stereocenters. The lowest BCUT2D eigenvalue weighted by molar-refractivity contribution is -0.274. The third kappa shape index (κ3) is 5.96. The highest BCUT2D eigenvalue weighted by atomic mass is 19.4. The zero-order chi connectivity index (χ0) is 19.2. The first-order valence-electron chi connectivity index (χ1n) is 7.32. The minimum absolute atomic E-state index is 0.0626. The molecule has 0 bridgehead atoms. The Kier molecular flexibility index (Phi) is 5.99. The highest BCUT2D eigenvalue weighted by Gasteiger charge is 2.31. The SMILES string of the molecule is O=C(O)c1cccc(NCCNC(=O)c2ccc(OC(F)(F)F)cn2)c1. The summed E-state index contributed by atoms with van der Waals surface area (Å²) in [5.74, 6) is -2.13. The van der Waals surface area contributed by atoms with E-state index in [1.807, 2.05) is 0 Å². The van der Waals surface area contributed by atoms with Crippen molar-refractivity contribution in [2.75, 3.05) is 18.4 Å². The van der Waals surface area contributed by atoms with Crippen molar-refractivity contribution >= 4 is 17.6 Å². The first kappa shape index (κ1) is 19.0. The van der Waals surface area contributed by atoms with Crippen molar-refractivity contribution in [2.24, 2.45) is 0 Å². The first-order valence-corrected chi connectivity index (χ1v) is 7.32. The molecule has 0 aliphatic heterocycles. The van der Waals surface area contributed by atoms with Crippen LogP contribution >= 0.6 is 0 Å². The molecule has 7 nitrogen and oxygen atoms in total. The molecule has 0 aliphatic rings. The zero-order valence-corrected chi connectivity index (χ0v) is 13.2. The van der Waals surface area contributed by atoms with Gasteiger partial charge in [0.2, 0.25) is 0 Å². The van der Waals surface area contributed by atoms with Gasteiger partial charge in [-0.15, -0.1) is 13.2 Å². The van der Waals surface area contributed by atoms with Crippen molar-refractivity contribution in [2.45, 2.75) is 6.36 Å². The van der Waals surface area contributed by atoms with E-state index in [1.54, 1.807) is 12.1 Å². The Morgan fingerprint density at radius 2 is 1.92 bits per heavy atom. The third-order valence-corrected chi connectivity index (χ3v) is 3.05. The van der Waals surface area contributed by atoms with Gasteiger partial charge in [-0.2, -0.15) is 0 Å². The molecule has 10 heteroatoms. The predicted molar refractivity (Wildman–Crippen MR) is 85.1 cm³/mol. The number of carbonyl (C=O) groups is 2. The fourth-order valence-corrected chi connectivity index (χ4v) is 1.94. The summed E-state index contributed by atoms with van der Waals surface area (Å²) < 4.78 is 39.8. The molecule has 0 saturated carbocycles. The summed E-state index contributed by atoms with van der Waals surface area (Å²) in [6, 6.07) is 8.26. The number of carbonyl (C=O) groups excluding carboxylic acids is 1. The number of amides is 1. The third-order valence-electron chi connectivity index (χ3n) is 3.05. The van der Waals surface area contributed by atoms with Crippen molar-refractivity contribution in [3.63, 3.8) is 0 Å². The van der Waals surface area contributed by atoms with Gasteiger partial charge in [-0.25, -0.2) is 9.78 Å².